The molecule has 1 N–H and O–H groups in total. The second-order valence-corrected chi connectivity index (χ2v) is 8.19. The Kier molecular flexibility index (Phi) is 5.39. The molecule has 3 saturated heterocycles. The molecule has 4 atom stereocenters. The fourth-order valence-corrected chi connectivity index (χ4v) is 4.45. The van der Waals surface area contributed by atoms with E-state index >= 15 is 0 Å². The van der Waals surface area contributed by atoms with Crippen LogP contribution >= 0.6 is 0 Å². The Labute approximate surface area is 161 Å². The third-order valence-corrected chi connectivity index (χ3v) is 5.80. The molecule has 0 saturated carbocycles. The summed E-state index contributed by atoms with van der Waals surface area (Å²) in [7, 11) is 0. The van der Waals surface area contributed by atoms with Gasteiger partial charge in [-0.05, 0) is 32.3 Å². The van der Waals surface area contributed by atoms with Crippen molar-refractivity contribution in [3.8, 4) is 0 Å². The van der Waals surface area contributed by atoms with Crippen molar-refractivity contribution in [1.82, 2.24) is 10.2 Å². The average molecular weight is 374 g/mol. The molecule has 3 aliphatic heterocycles. The van der Waals surface area contributed by atoms with Crippen LogP contribution in [0.3, 0.4) is 0 Å². The number of morpholine rings is 1. The maximum absolute atomic E-state index is 13.0. The topological polar surface area (TPSA) is 60.0 Å². The molecule has 4 rings (SSSR count). The van der Waals surface area contributed by atoms with Crippen molar-refractivity contribution in [3.05, 3.63) is 35.4 Å². The standard InChI is InChI=1S/C21H30N2O4/c1-15-5-7-17(8-6-15)19-18(4-3-10-26-19)22-20(24)23-12-16(2)27-21(13-23)9-11-25-14-21/h5-8,16,18-19H,3-4,9-14H2,1-2H3,(H,22,24). The summed E-state index contributed by atoms with van der Waals surface area (Å²) in [4.78, 5) is 14.9. The van der Waals surface area contributed by atoms with Crippen LogP contribution in [0.5, 0.6) is 0 Å². The Bertz CT molecular complexity index is 657. The van der Waals surface area contributed by atoms with E-state index in [1.165, 1.54) is 5.56 Å². The summed E-state index contributed by atoms with van der Waals surface area (Å²) in [5.74, 6) is 0. The van der Waals surface area contributed by atoms with Crippen molar-refractivity contribution in [3.63, 3.8) is 0 Å². The lowest BCUT2D eigenvalue weighted by Crippen LogP contribution is -2.60. The number of carbonyl (C=O) groups excluding carboxylic acids is 1. The smallest absolute Gasteiger partial charge is 0.317 e. The summed E-state index contributed by atoms with van der Waals surface area (Å²) in [6, 6.07) is 8.37. The van der Waals surface area contributed by atoms with E-state index in [-0.39, 0.29) is 29.9 Å². The number of benzene rings is 1. The quantitative estimate of drug-likeness (QED) is 0.865. The van der Waals surface area contributed by atoms with Crippen LogP contribution in [0.15, 0.2) is 24.3 Å². The van der Waals surface area contributed by atoms with Gasteiger partial charge in [0.1, 0.15) is 11.7 Å². The molecule has 27 heavy (non-hydrogen) atoms. The zero-order chi connectivity index (χ0) is 18.9. The maximum Gasteiger partial charge on any atom is 0.317 e. The molecule has 0 radical (unpaired) electrons. The van der Waals surface area contributed by atoms with Crippen LogP contribution in [0, 0.1) is 6.92 Å². The predicted molar refractivity (Wildman–Crippen MR) is 102 cm³/mol. The van der Waals surface area contributed by atoms with Crippen LogP contribution in [0.4, 0.5) is 4.79 Å². The fraction of sp³-hybridized carbons (Fsp3) is 0.667. The van der Waals surface area contributed by atoms with E-state index in [9.17, 15) is 4.79 Å². The van der Waals surface area contributed by atoms with Crippen LogP contribution in [0.1, 0.15) is 43.4 Å². The molecular formula is C21H30N2O4. The zero-order valence-corrected chi connectivity index (χ0v) is 16.3. The first kappa shape index (κ1) is 18.7. The summed E-state index contributed by atoms with van der Waals surface area (Å²) < 4.78 is 17.7. The Balaban J connectivity index is 1.44. The second-order valence-electron chi connectivity index (χ2n) is 8.19. The summed E-state index contributed by atoms with van der Waals surface area (Å²) in [6.07, 6.45) is 2.66. The number of hydrogen-bond acceptors (Lipinski definition) is 4. The molecule has 6 nitrogen and oxygen atoms in total. The van der Waals surface area contributed by atoms with Gasteiger partial charge in [-0.3, -0.25) is 0 Å². The zero-order valence-electron chi connectivity index (χ0n) is 16.3. The first-order chi connectivity index (χ1) is 13.0. The number of ether oxygens (including phenoxy) is 3. The van der Waals surface area contributed by atoms with Crippen LogP contribution in [0.25, 0.3) is 0 Å². The van der Waals surface area contributed by atoms with Crippen LogP contribution < -0.4 is 5.32 Å². The van der Waals surface area contributed by atoms with Gasteiger partial charge in [0.25, 0.3) is 0 Å². The molecule has 3 fully saturated rings. The van der Waals surface area contributed by atoms with E-state index in [4.69, 9.17) is 14.2 Å². The maximum atomic E-state index is 13.0. The third kappa shape index (κ3) is 4.13. The van der Waals surface area contributed by atoms with Crippen LogP contribution in [-0.4, -0.2) is 61.6 Å². The molecule has 0 aliphatic carbocycles. The van der Waals surface area contributed by atoms with E-state index < -0.39 is 0 Å². The van der Waals surface area contributed by atoms with Crippen molar-refractivity contribution in [2.24, 2.45) is 0 Å². The molecule has 0 aromatic heterocycles. The average Bonchev–Trinajstić information content (AvgIpc) is 3.09. The number of nitrogens with one attached hydrogen (secondary N) is 1. The van der Waals surface area contributed by atoms with Gasteiger partial charge in [0, 0.05) is 26.2 Å². The molecule has 3 aliphatic rings. The SMILES string of the molecule is Cc1ccc(C2OCCCC2NC(=O)N2CC(C)OC3(CCOC3)C2)cc1. The van der Waals surface area contributed by atoms with Gasteiger partial charge in [-0.25, -0.2) is 4.79 Å². The fourth-order valence-electron chi connectivity index (χ4n) is 4.45. The van der Waals surface area contributed by atoms with Crippen molar-refractivity contribution < 1.29 is 19.0 Å². The molecule has 6 heteroatoms. The minimum Gasteiger partial charge on any atom is -0.378 e. The molecule has 2 amide bonds. The highest BCUT2D eigenvalue weighted by Crippen LogP contribution is 2.31. The van der Waals surface area contributed by atoms with Gasteiger partial charge in [-0.1, -0.05) is 29.8 Å². The highest BCUT2D eigenvalue weighted by Gasteiger charge is 2.44. The number of nitrogens with zero attached hydrogens (tertiary/aromatic N) is 1. The van der Waals surface area contributed by atoms with Gasteiger partial charge in [-0.15, -0.1) is 0 Å². The molecular weight excluding hydrogens is 344 g/mol. The summed E-state index contributed by atoms with van der Waals surface area (Å²) in [5, 5.41) is 3.24. The number of rotatable bonds is 2. The molecule has 3 heterocycles. The molecule has 1 aromatic carbocycles. The Morgan fingerprint density at radius 2 is 2.07 bits per heavy atom. The number of amides is 2. The highest BCUT2D eigenvalue weighted by atomic mass is 16.6. The lowest BCUT2D eigenvalue weighted by Gasteiger charge is -2.43. The molecule has 1 spiro atoms. The first-order valence-electron chi connectivity index (χ1n) is 10.0. The van der Waals surface area contributed by atoms with E-state index in [2.05, 4.69) is 36.5 Å². The second kappa shape index (κ2) is 7.78. The van der Waals surface area contributed by atoms with E-state index in [0.29, 0.717) is 26.3 Å². The lowest BCUT2D eigenvalue weighted by molar-refractivity contribution is -0.137. The number of carbonyl (C=O) groups is 1. The molecule has 4 unspecified atom stereocenters. The third-order valence-electron chi connectivity index (χ3n) is 5.80. The van der Waals surface area contributed by atoms with Gasteiger partial charge in [0.05, 0.1) is 25.3 Å². The van der Waals surface area contributed by atoms with Crippen molar-refractivity contribution >= 4 is 6.03 Å². The van der Waals surface area contributed by atoms with Crippen molar-refractivity contribution in [2.45, 2.75) is 57.0 Å². The number of aryl methyl sites for hydroxylation is 1. The van der Waals surface area contributed by atoms with Gasteiger partial charge < -0.3 is 24.4 Å². The minimum atomic E-state index is -0.339. The summed E-state index contributed by atoms with van der Waals surface area (Å²) in [5.41, 5.74) is 2.01. The highest BCUT2D eigenvalue weighted by molar-refractivity contribution is 5.75. The Morgan fingerprint density at radius 3 is 2.81 bits per heavy atom. The van der Waals surface area contributed by atoms with Gasteiger partial charge in [-0.2, -0.15) is 0 Å². The minimum absolute atomic E-state index is 0.0112. The normalized spacial score (nSPS) is 34.0. The van der Waals surface area contributed by atoms with E-state index in [0.717, 1.165) is 31.4 Å². The van der Waals surface area contributed by atoms with E-state index in [1.807, 2.05) is 11.8 Å². The lowest BCUT2D eigenvalue weighted by atomic mass is 9.95. The largest absolute Gasteiger partial charge is 0.378 e. The molecule has 148 valence electrons. The first-order valence-corrected chi connectivity index (χ1v) is 10.0. The van der Waals surface area contributed by atoms with Crippen molar-refractivity contribution in [1.29, 1.82) is 0 Å². The molecule has 0 bridgehead atoms. The Hall–Kier alpha value is -1.63. The molecule has 1 aromatic rings. The van der Waals surface area contributed by atoms with Gasteiger partial charge >= 0.3 is 6.03 Å². The number of urea groups is 1. The van der Waals surface area contributed by atoms with Crippen molar-refractivity contribution in [2.75, 3.05) is 32.9 Å². The Morgan fingerprint density at radius 1 is 1.26 bits per heavy atom. The monoisotopic (exact) mass is 374 g/mol. The van der Waals surface area contributed by atoms with Gasteiger partial charge in [0.15, 0.2) is 0 Å². The predicted octanol–water partition coefficient (Wildman–Crippen LogP) is 2.80. The number of hydrogen-bond donors (Lipinski definition) is 1. The van der Waals surface area contributed by atoms with Crippen LogP contribution in [0.2, 0.25) is 0 Å². The summed E-state index contributed by atoms with van der Waals surface area (Å²) >= 11 is 0. The van der Waals surface area contributed by atoms with Gasteiger partial charge in [0.2, 0.25) is 0 Å². The summed E-state index contributed by atoms with van der Waals surface area (Å²) in [6.45, 7) is 7.31. The van der Waals surface area contributed by atoms with Crippen LogP contribution in [-0.2, 0) is 14.2 Å². The van der Waals surface area contributed by atoms with E-state index in [1.54, 1.807) is 0 Å².